The van der Waals surface area contributed by atoms with Crippen LogP contribution >= 0.6 is 11.6 Å². The molecule has 0 fully saturated rings. The summed E-state index contributed by atoms with van der Waals surface area (Å²) >= 11 is 5.75. The van der Waals surface area contributed by atoms with E-state index in [4.69, 9.17) is 11.6 Å². The van der Waals surface area contributed by atoms with Crippen LogP contribution in [-0.4, -0.2) is 28.0 Å². The van der Waals surface area contributed by atoms with Gasteiger partial charge in [0.15, 0.2) is 0 Å². The predicted molar refractivity (Wildman–Crippen MR) is 95.6 cm³/mol. The largest absolute Gasteiger partial charge is 0.469 e. The molecule has 0 spiro atoms. The van der Waals surface area contributed by atoms with Crippen LogP contribution in [0.1, 0.15) is 51.4 Å². The van der Waals surface area contributed by atoms with Crippen LogP contribution in [0.4, 0.5) is 0 Å². The first-order valence-corrected chi connectivity index (χ1v) is 10.1. The van der Waals surface area contributed by atoms with Crippen LogP contribution in [0.2, 0.25) is 5.02 Å². The molecule has 5 nitrogen and oxygen atoms in total. The number of benzene rings is 1. The fraction of sp³-hybridized carbons (Fsp3) is 0.588. The summed E-state index contributed by atoms with van der Waals surface area (Å²) in [4.78, 5) is 11.2. The van der Waals surface area contributed by atoms with Gasteiger partial charge >= 0.3 is 5.97 Å². The normalized spacial score (nSPS) is 11.4. The van der Waals surface area contributed by atoms with E-state index in [1.807, 2.05) is 0 Å². The van der Waals surface area contributed by atoms with E-state index in [0.717, 1.165) is 44.9 Å². The van der Waals surface area contributed by atoms with Crippen LogP contribution in [0.25, 0.3) is 0 Å². The Labute approximate surface area is 149 Å². The van der Waals surface area contributed by atoms with Crippen LogP contribution in [0.3, 0.4) is 0 Å². The second-order valence-electron chi connectivity index (χ2n) is 5.65. The van der Waals surface area contributed by atoms with Crippen molar-refractivity contribution < 1.29 is 17.9 Å². The second kappa shape index (κ2) is 11.4. The van der Waals surface area contributed by atoms with Crippen molar-refractivity contribution in [2.45, 2.75) is 56.3 Å². The molecule has 0 unspecified atom stereocenters. The Morgan fingerprint density at radius 3 is 2.12 bits per heavy atom. The number of carbonyl (C=O) groups is 1. The molecule has 7 heteroatoms. The number of carbonyl (C=O) groups excluding carboxylic acids is 1. The molecule has 0 saturated carbocycles. The summed E-state index contributed by atoms with van der Waals surface area (Å²) in [5.41, 5.74) is 0. The molecule has 24 heavy (non-hydrogen) atoms. The molecule has 1 rings (SSSR count). The monoisotopic (exact) mass is 375 g/mol. The number of esters is 1. The minimum absolute atomic E-state index is 0.150. The predicted octanol–water partition coefficient (Wildman–Crippen LogP) is 3.91. The van der Waals surface area contributed by atoms with Gasteiger partial charge in [-0.1, -0.05) is 43.7 Å². The zero-order valence-corrected chi connectivity index (χ0v) is 15.7. The van der Waals surface area contributed by atoms with Crippen molar-refractivity contribution in [2.24, 2.45) is 0 Å². The van der Waals surface area contributed by atoms with E-state index in [2.05, 4.69) is 9.46 Å². The zero-order chi connectivity index (χ0) is 17.8. The van der Waals surface area contributed by atoms with Crippen LogP contribution in [-0.2, 0) is 19.6 Å². The van der Waals surface area contributed by atoms with E-state index in [0.29, 0.717) is 18.0 Å². The molecule has 0 aliphatic rings. The van der Waals surface area contributed by atoms with Gasteiger partial charge in [-0.2, -0.15) is 0 Å². The minimum Gasteiger partial charge on any atom is -0.469 e. The number of rotatable bonds is 12. The number of halogens is 1. The van der Waals surface area contributed by atoms with Gasteiger partial charge in [-0.15, -0.1) is 0 Å². The van der Waals surface area contributed by atoms with Crippen molar-refractivity contribution in [1.29, 1.82) is 0 Å². The van der Waals surface area contributed by atoms with Crippen LogP contribution in [0.15, 0.2) is 29.2 Å². The third-order valence-corrected chi connectivity index (χ3v) is 5.43. The van der Waals surface area contributed by atoms with E-state index in [1.165, 1.54) is 19.2 Å². The van der Waals surface area contributed by atoms with Gasteiger partial charge in [0, 0.05) is 18.0 Å². The van der Waals surface area contributed by atoms with E-state index in [1.54, 1.807) is 12.1 Å². The molecule has 0 amide bonds. The summed E-state index contributed by atoms with van der Waals surface area (Å²) in [6, 6.07) is 6.13. The molecule has 0 radical (unpaired) electrons. The summed E-state index contributed by atoms with van der Waals surface area (Å²) in [5, 5.41) is 0.514. The third kappa shape index (κ3) is 8.66. The third-order valence-electron chi connectivity index (χ3n) is 3.70. The number of hydrogen-bond acceptors (Lipinski definition) is 4. The fourth-order valence-corrected chi connectivity index (χ4v) is 3.48. The lowest BCUT2D eigenvalue weighted by atomic mass is 10.1. The van der Waals surface area contributed by atoms with Gasteiger partial charge in [-0.05, 0) is 37.1 Å². The van der Waals surface area contributed by atoms with Crippen molar-refractivity contribution in [3.8, 4) is 0 Å². The molecule has 0 heterocycles. The standard InChI is InChI=1S/C17H26ClNO4S/c1-23-17(20)9-7-5-3-2-4-6-8-14-19-24(21,22)16-12-10-15(18)11-13-16/h10-13,19H,2-9,14H2,1H3. The summed E-state index contributed by atoms with van der Waals surface area (Å²) in [7, 11) is -2.04. The molecule has 0 saturated heterocycles. The van der Waals surface area contributed by atoms with Gasteiger partial charge < -0.3 is 4.74 Å². The Bertz CT molecular complexity index is 587. The Morgan fingerprint density at radius 2 is 1.54 bits per heavy atom. The Morgan fingerprint density at radius 1 is 1.00 bits per heavy atom. The van der Waals surface area contributed by atoms with E-state index in [-0.39, 0.29) is 10.9 Å². The molecule has 0 atom stereocenters. The molecule has 136 valence electrons. The summed E-state index contributed by atoms with van der Waals surface area (Å²) in [5.74, 6) is -0.150. The van der Waals surface area contributed by atoms with Gasteiger partial charge in [0.1, 0.15) is 0 Å². The SMILES string of the molecule is COC(=O)CCCCCCCCCNS(=O)(=O)c1ccc(Cl)cc1. The molecule has 0 aliphatic carbocycles. The molecule has 1 aromatic rings. The lowest BCUT2D eigenvalue weighted by Crippen LogP contribution is -2.24. The number of sulfonamides is 1. The lowest BCUT2D eigenvalue weighted by molar-refractivity contribution is -0.140. The average Bonchev–Trinajstić information content (AvgIpc) is 2.56. The molecule has 1 aromatic carbocycles. The fourth-order valence-electron chi connectivity index (χ4n) is 2.28. The van der Waals surface area contributed by atoms with E-state index < -0.39 is 10.0 Å². The maximum Gasteiger partial charge on any atom is 0.305 e. The molecule has 0 aliphatic heterocycles. The molecule has 0 aromatic heterocycles. The molecular weight excluding hydrogens is 350 g/mol. The first-order chi connectivity index (χ1) is 11.5. The van der Waals surface area contributed by atoms with Crippen molar-refractivity contribution in [3.05, 3.63) is 29.3 Å². The Hall–Kier alpha value is -1.11. The van der Waals surface area contributed by atoms with Gasteiger partial charge in [0.05, 0.1) is 12.0 Å². The highest BCUT2D eigenvalue weighted by atomic mass is 35.5. The van der Waals surface area contributed by atoms with Gasteiger partial charge in [-0.3, -0.25) is 4.79 Å². The summed E-state index contributed by atoms with van der Waals surface area (Å²) in [6.07, 6.45) is 7.45. The Balaban J connectivity index is 2.05. The maximum absolute atomic E-state index is 12.0. The smallest absolute Gasteiger partial charge is 0.305 e. The average molecular weight is 376 g/mol. The number of hydrogen-bond donors (Lipinski definition) is 1. The summed E-state index contributed by atoms with van der Waals surface area (Å²) in [6.45, 7) is 0.438. The van der Waals surface area contributed by atoms with Crippen LogP contribution in [0.5, 0.6) is 0 Å². The van der Waals surface area contributed by atoms with Gasteiger partial charge in [0.2, 0.25) is 10.0 Å². The van der Waals surface area contributed by atoms with Gasteiger partial charge in [-0.25, -0.2) is 13.1 Å². The maximum atomic E-state index is 12.0. The number of nitrogens with one attached hydrogen (secondary N) is 1. The number of unbranched alkanes of at least 4 members (excludes halogenated alkanes) is 6. The first-order valence-electron chi connectivity index (χ1n) is 8.28. The topological polar surface area (TPSA) is 72.5 Å². The van der Waals surface area contributed by atoms with Crippen LogP contribution in [0, 0.1) is 0 Å². The second-order valence-corrected chi connectivity index (χ2v) is 7.86. The molecule has 0 bridgehead atoms. The Kier molecular flexibility index (Phi) is 9.98. The summed E-state index contributed by atoms with van der Waals surface area (Å²) < 4.78 is 31.3. The lowest BCUT2D eigenvalue weighted by Gasteiger charge is -2.07. The highest BCUT2D eigenvalue weighted by Gasteiger charge is 2.12. The highest BCUT2D eigenvalue weighted by Crippen LogP contribution is 2.14. The van der Waals surface area contributed by atoms with Crippen molar-refractivity contribution in [2.75, 3.05) is 13.7 Å². The van der Waals surface area contributed by atoms with Crippen molar-refractivity contribution >= 4 is 27.6 Å². The van der Waals surface area contributed by atoms with Crippen molar-refractivity contribution in [3.63, 3.8) is 0 Å². The quantitative estimate of drug-likeness (QED) is 0.444. The zero-order valence-electron chi connectivity index (χ0n) is 14.1. The first kappa shape index (κ1) is 20.9. The van der Waals surface area contributed by atoms with Crippen molar-refractivity contribution in [1.82, 2.24) is 4.72 Å². The van der Waals surface area contributed by atoms with Gasteiger partial charge in [0.25, 0.3) is 0 Å². The number of methoxy groups -OCH3 is 1. The molecule has 1 N–H and O–H groups in total. The van der Waals surface area contributed by atoms with Crippen LogP contribution < -0.4 is 4.72 Å². The number of ether oxygens (including phenoxy) is 1. The van der Waals surface area contributed by atoms with E-state index >= 15 is 0 Å². The molecular formula is C17H26ClNO4S. The minimum atomic E-state index is -3.44. The van der Waals surface area contributed by atoms with E-state index in [9.17, 15) is 13.2 Å². The highest BCUT2D eigenvalue weighted by molar-refractivity contribution is 7.89.